The number of ketones is 1. The van der Waals surface area contributed by atoms with E-state index in [1.807, 2.05) is 0 Å². The van der Waals surface area contributed by atoms with E-state index in [1.165, 1.54) is 0 Å². The Morgan fingerprint density at radius 3 is 3.25 bits per heavy atom. The number of piperidine rings is 1. The van der Waals surface area contributed by atoms with Gasteiger partial charge in [0.25, 0.3) is 0 Å². The number of likely N-dealkylation sites (tertiary alicyclic amines) is 1. The van der Waals surface area contributed by atoms with Crippen molar-refractivity contribution in [2.75, 3.05) is 26.7 Å². The number of fused-ring (bicyclic) bond motifs is 1. The zero-order valence-corrected chi connectivity index (χ0v) is 7.45. The fourth-order valence-corrected chi connectivity index (χ4v) is 2.16. The van der Waals surface area contributed by atoms with E-state index in [1.54, 1.807) is 0 Å². The molecule has 0 amide bonds. The number of carbonyl (C=O) groups is 1. The summed E-state index contributed by atoms with van der Waals surface area (Å²) in [6.45, 7) is 2.48. The lowest BCUT2D eigenvalue weighted by Crippen LogP contribution is -2.46. The Morgan fingerprint density at radius 1 is 1.58 bits per heavy atom. The molecule has 0 unspecified atom stereocenters. The highest BCUT2D eigenvalue weighted by Crippen LogP contribution is 2.25. The second kappa shape index (κ2) is 3.15. The maximum Gasteiger partial charge on any atom is 0.158 e. The van der Waals surface area contributed by atoms with Crippen LogP contribution in [0.5, 0.6) is 0 Å². The van der Waals surface area contributed by atoms with Gasteiger partial charge in [0.2, 0.25) is 0 Å². The standard InChI is InChI=1S/C9H15NO2/c1-10-3-2-9-7(5-10)4-8(11)6-12-9/h7,9H,2-6H2,1H3/t7-,9-/m0/s1. The Balaban J connectivity index is 1.99. The summed E-state index contributed by atoms with van der Waals surface area (Å²) in [7, 11) is 2.11. The zero-order valence-electron chi connectivity index (χ0n) is 7.45. The highest BCUT2D eigenvalue weighted by atomic mass is 16.5. The molecule has 0 saturated carbocycles. The second-order valence-corrected chi connectivity index (χ2v) is 3.90. The van der Waals surface area contributed by atoms with E-state index in [4.69, 9.17) is 4.74 Å². The summed E-state index contributed by atoms with van der Waals surface area (Å²) >= 11 is 0. The van der Waals surface area contributed by atoms with Crippen molar-refractivity contribution in [3.8, 4) is 0 Å². The number of nitrogens with zero attached hydrogens (tertiary/aromatic N) is 1. The molecular formula is C9H15NO2. The molecule has 68 valence electrons. The molecule has 0 aromatic heterocycles. The summed E-state index contributed by atoms with van der Waals surface area (Å²) in [6.07, 6.45) is 2.18. The molecule has 0 spiro atoms. The smallest absolute Gasteiger partial charge is 0.158 e. The first-order valence-corrected chi connectivity index (χ1v) is 4.57. The summed E-state index contributed by atoms with van der Waals surface area (Å²) in [5, 5.41) is 0. The lowest BCUT2D eigenvalue weighted by atomic mass is 9.88. The van der Waals surface area contributed by atoms with Gasteiger partial charge in [-0.3, -0.25) is 4.79 Å². The molecule has 2 atom stereocenters. The maximum atomic E-state index is 11.1. The third kappa shape index (κ3) is 1.52. The number of rotatable bonds is 0. The molecule has 0 aromatic rings. The summed E-state index contributed by atoms with van der Waals surface area (Å²) < 4.78 is 5.47. The molecule has 12 heavy (non-hydrogen) atoms. The van der Waals surface area contributed by atoms with Crippen molar-refractivity contribution in [3.05, 3.63) is 0 Å². The van der Waals surface area contributed by atoms with Gasteiger partial charge in [-0.25, -0.2) is 0 Å². The van der Waals surface area contributed by atoms with Crippen molar-refractivity contribution >= 4 is 5.78 Å². The third-order valence-electron chi connectivity index (χ3n) is 2.82. The predicted octanol–water partition coefficient (Wildman–Crippen LogP) is 0.296. The molecule has 3 heteroatoms. The van der Waals surface area contributed by atoms with Crippen molar-refractivity contribution in [3.63, 3.8) is 0 Å². The number of ether oxygens (including phenoxy) is 1. The molecule has 0 radical (unpaired) electrons. The molecule has 0 aromatic carbocycles. The highest BCUT2D eigenvalue weighted by molar-refractivity contribution is 5.80. The molecule has 0 bridgehead atoms. The molecule has 2 aliphatic heterocycles. The van der Waals surface area contributed by atoms with Crippen LogP contribution in [-0.2, 0) is 9.53 Å². The predicted molar refractivity (Wildman–Crippen MR) is 45.0 cm³/mol. The Bertz CT molecular complexity index is 193. The fourth-order valence-electron chi connectivity index (χ4n) is 2.16. The van der Waals surface area contributed by atoms with Gasteiger partial charge < -0.3 is 9.64 Å². The van der Waals surface area contributed by atoms with E-state index in [9.17, 15) is 4.79 Å². The van der Waals surface area contributed by atoms with Crippen molar-refractivity contribution in [1.82, 2.24) is 4.90 Å². The van der Waals surface area contributed by atoms with Crippen LogP contribution >= 0.6 is 0 Å². The summed E-state index contributed by atoms with van der Waals surface area (Å²) in [5.74, 6) is 0.733. The topological polar surface area (TPSA) is 29.5 Å². The summed E-state index contributed by atoms with van der Waals surface area (Å²) in [5.41, 5.74) is 0. The van der Waals surface area contributed by atoms with Crippen LogP contribution in [-0.4, -0.2) is 43.5 Å². The average Bonchev–Trinajstić information content (AvgIpc) is 2.03. The lowest BCUT2D eigenvalue weighted by Gasteiger charge is -2.38. The van der Waals surface area contributed by atoms with Crippen LogP contribution in [0.25, 0.3) is 0 Å². The summed E-state index contributed by atoms with van der Waals surface area (Å²) in [4.78, 5) is 13.4. The van der Waals surface area contributed by atoms with E-state index in [0.29, 0.717) is 18.6 Å². The minimum atomic E-state index is 0.270. The molecule has 2 rings (SSSR count). The van der Waals surface area contributed by atoms with Crippen molar-refractivity contribution in [2.24, 2.45) is 5.92 Å². The van der Waals surface area contributed by atoms with Gasteiger partial charge in [0.1, 0.15) is 6.61 Å². The largest absolute Gasteiger partial charge is 0.370 e. The Morgan fingerprint density at radius 2 is 2.42 bits per heavy atom. The van der Waals surface area contributed by atoms with E-state index < -0.39 is 0 Å². The van der Waals surface area contributed by atoms with Gasteiger partial charge in [0, 0.05) is 25.4 Å². The lowest BCUT2D eigenvalue weighted by molar-refractivity contribution is -0.140. The second-order valence-electron chi connectivity index (χ2n) is 3.90. The van der Waals surface area contributed by atoms with E-state index >= 15 is 0 Å². The Hall–Kier alpha value is -0.410. The molecule has 0 N–H and O–H groups in total. The van der Waals surface area contributed by atoms with Crippen LogP contribution in [0.4, 0.5) is 0 Å². The minimum absolute atomic E-state index is 0.270. The summed E-state index contributed by atoms with van der Waals surface area (Å²) in [6, 6.07) is 0. The van der Waals surface area contributed by atoms with Gasteiger partial charge in [-0.05, 0) is 13.5 Å². The van der Waals surface area contributed by atoms with E-state index in [0.717, 1.165) is 25.9 Å². The van der Waals surface area contributed by atoms with Gasteiger partial charge in [-0.1, -0.05) is 0 Å². The van der Waals surface area contributed by atoms with Crippen LogP contribution in [0, 0.1) is 5.92 Å². The molecule has 2 fully saturated rings. The van der Waals surface area contributed by atoms with Crippen LogP contribution in [0.15, 0.2) is 0 Å². The first kappa shape index (κ1) is 8.20. The average molecular weight is 169 g/mol. The van der Waals surface area contributed by atoms with Gasteiger partial charge in [0.05, 0.1) is 6.10 Å². The quantitative estimate of drug-likeness (QED) is 0.522. The fraction of sp³-hybridized carbons (Fsp3) is 0.889. The molecule has 2 heterocycles. The molecule has 3 nitrogen and oxygen atoms in total. The van der Waals surface area contributed by atoms with Crippen molar-refractivity contribution in [2.45, 2.75) is 18.9 Å². The SMILES string of the molecule is CN1CC[C@@H]2OCC(=O)C[C@H]2C1. The third-order valence-corrected chi connectivity index (χ3v) is 2.82. The highest BCUT2D eigenvalue weighted by Gasteiger charge is 2.33. The number of Topliss-reactive ketones (excluding diaryl/α,β-unsaturated/α-hetero) is 1. The Kier molecular flexibility index (Phi) is 2.15. The molecule has 2 aliphatic rings. The molecule has 2 saturated heterocycles. The maximum absolute atomic E-state index is 11.1. The van der Waals surface area contributed by atoms with Gasteiger partial charge in [0.15, 0.2) is 5.78 Å². The van der Waals surface area contributed by atoms with E-state index in [-0.39, 0.29) is 5.78 Å². The monoisotopic (exact) mass is 169 g/mol. The number of hydrogen-bond acceptors (Lipinski definition) is 3. The van der Waals surface area contributed by atoms with Crippen LogP contribution in [0.3, 0.4) is 0 Å². The van der Waals surface area contributed by atoms with Crippen LogP contribution in [0.2, 0.25) is 0 Å². The first-order valence-electron chi connectivity index (χ1n) is 4.57. The normalized spacial score (nSPS) is 37.9. The van der Waals surface area contributed by atoms with Gasteiger partial charge in [-0.2, -0.15) is 0 Å². The number of carbonyl (C=O) groups excluding carboxylic acids is 1. The Labute approximate surface area is 72.7 Å². The molecule has 0 aliphatic carbocycles. The van der Waals surface area contributed by atoms with Gasteiger partial charge >= 0.3 is 0 Å². The number of hydrogen-bond donors (Lipinski definition) is 0. The van der Waals surface area contributed by atoms with Crippen LogP contribution < -0.4 is 0 Å². The van der Waals surface area contributed by atoms with Gasteiger partial charge in [-0.15, -0.1) is 0 Å². The minimum Gasteiger partial charge on any atom is -0.370 e. The van der Waals surface area contributed by atoms with E-state index in [2.05, 4.69) is 11.9 Å². The zero-order chi connectivity index (χ0) is 8.55. The van der Waals surface area contributed by atoms with Crippen LogP contribution in [0.1, 0.15) is 12.8 Å². The first-order chi connectivity index (χ1) is 5.75. The van der Waals surface area contributed by atoms with Crippen molar-refractivity contribution in [1.29, 1.82) is 0 Å². The molecular weight excluding hydrogens is 154 g/mol. The van der Waals surface area contributed by atoms with Crippen molar-refractivity contribution < 1.29 is 9.53 Å².